The summed E-state index contributed by atoms with van der Waals surface area (Å²) >= 11 is 6.28. The van der Waals surface area contributed by atoms with E-state index in [0.717, 1.165) is 17.7 Å². The van der Waals surface area contributed by atoms with Gasteiger partial charge in [-0.2, -0.15) is 5.10 Å². The number of nitrogens with zero attached hydrogens (tertiary/aromatic N) is 3. The Morgan fingerprint density at radius 1 is 1.38 bits per heavy atom. The zero-order valence-corrected chi connectivity index (χ0v) is 13.7. The average Bonchev–Trinajstić information content (AvgIpc) is 2.78. The second-order valence-corrected chi connectivity index (χ2v) is 6.22. The van der Waals surface area contributed by atoms with E-state index in [1.165, 1.54) is 0 Å². The minimum Gasteiger partial charge on any atom is -0.379 e. The van der Waals surface area contributed by atoms with Gasteiger partial charge in [0.15, 0.2) is 0 Å². The predicted molar refractivity (Wildman–Crippen MR) is 85.6 cm³/mol. The molecule has 4 nitrogen and oxygen atoms in total. The fourth-order valence-corrected chi connectivity index (χ4v) is 2.72. The van der Waals surface area contributed by atoms with Crippen molar-refractivity contribution in [3.63, 3.8) is 0 Å². The number of halogens is 1. The van der Waals surface area contributed by atoms with E-state index in [4.69, 9.17) is 11.6 Å². The Kier molecular flexibility index (Phi) is 4.71. The fourth-order valence-electron chi connectivity index (χ4n) is 2.40. The molecule has 1 N–H and O–H groups in total. The number of aromatic nitrogens is 2. The van der Waals surface area contributed by atoms with E-state index in [1.807, 2.05) is 45.3 Å². The first kappa shape index (κ1) is 16.0. The normalized spacial score (nSPS) is 14.4. The summed E-state index contributed by atoms with van der Waals surface area (Å²) in [5, 5.41) is 15.8. The molecule has 0 amide bonds. The van der Waals surface area contributed by atoms with Gasteiger partial charge in [-0.3, -0.25) is 4.68 Å². The van der Waals surface area contributed by atoms with Crippen LogP contribution in [0.4, 0.5) is 0 Å². The van der Waals surface area contributed by atoms with Crippen LogP contribution in [0.25, 0.3) is 0 Å². The second kappa shape index (κ2) is 6.18. The first-order valence-electron chi connectivity index (χ1n) is 6.98. The number of rotatable bonds is 5. The number of benzene rings is 1. The van der Waals surface area contributed by atoms with Gasteiger partial charge in [-0.15, -0.1) is 0 Å². The molecule has 0 saturated carbocycles. The van der Waals surface area contributed by atoms with E-state index in [0.29, 0.717) is 17.3 Å². The molecular weight excluding hydrogens is 286 g/mol. The molecule has 21 heavy (non-hydrogen) atoms. The molecule has 2 aromatic rings. The van der Waals surface area contributed by atoms with Crippen molar-refractivity contribution in [2.24, 2.45) is 0 Å². The van der Waals surface area contributed by atoms with Crippen molar-refractivity contribution < 1.29 is 5.11 Å². The lowest BCUT2D eigenvalue weighted by atomic mass is 9.91. The van der Waals surface area contributed by atoms with Crippen LogP contribution >= 0.6 is 11.6 Å². The van der Waals surface area contributed by atoms with Crippen LogP contribution in [0.2, 0.25) is 5.02 Å². The Morgan fingerprint density at radius 2 is 2.10 bits per heavy atom. The Morgan fingerprint density at radius 3 is 2.71 bits per heavy atom. The second-order valence-electron chi connectivity index (χ2n) is 5.81. The van der Waals surface area contributed by atoms with E-state index in [1.54, 1.807) is 17.8 Å². The van der Waals surface area contributed by atoms with Crippen molar-refractivity contribution in [3.8, 4) is 0 Å². The van der Waals surface area contributed by atoms with Crippen molar-refractivity contribution >= 4 is 11.6 Å². The van der Waals surface area contributed by atoms with Gasteiger partial charge in [0, 0.05) is 6.54 Å². The zero-order valence-electron chi connectivity index (χ0n) is 13.0. The number of aryl methyl sites for hydroxylation is 1. The molecule has 2 rings (SSSR count). The minimum atomic E-state index is -1.17. The van der Waals surface area contributed by atoms with Gasteiger partial charge in [0.1, 0.15) is 5.60 Å². The predicted octanol–water partition coefficient (Wildman–Crippen LogP) is 2.66. The molecule has 1 aromatic heterocycles. The Labute approximate surface area is 131 Å². The summed E-state index contributed by atoms with van der Waals surface area (Å²) in [6.45, 7) is 5.27. The van der Waals surface area contributed by atoms with Crippen LogP contribution in [0.15, 0.2) is 30.5 Å². The lowest BCUT2D eigenvalue weighted by Gasteiger charge is -2.26. The van der Waals surface area contributed by atoms with Crippen molar-refractivity contribution in [1.82, 2.24) is 14.7 Å². The topological polar surface area (TPSA) is 41.3 Å². The van der Waals surface area contributed by atoms with Gasteiger partial charge in [-0.1, -0.05) is 41.4 Å². The SMILES string of the molecule is Cc1cccc(C(C)(O)c2c(Cl)cnn2CCN(C)C)c1. The van der Waals surface area contributed by atoms with Crippen LogP contribution in [0.3, 0.4) is 0 Å². The zero-order chi connectivity index (χ0) is 15.6. The van der Waals surface area contributed by atoms with Gasteiger partial charge < -0.3 is 10.0 Å². The molecule has 0 fully saturated rings. The van der Waals surface area contributed by atoms with Crippen LogP contribution in [-0.4, -0.2) is 40.4 Å². The largest absolute Gasteiger partial charge is 0.379 e. The maximum atomic E-state index is 11.0. The lowest BCUT2D eigenvalue weighted by molar-refractivity contribution is 0.0909. The van der Waals surface area contributed by atoms with E-state index in [-0.39, 0.29) is 0 Å². The maximum Gasteiger partial charge on any atom is 0.130 e. The van der Waals surface area contributed by atoms with Crippen molar-refractivity contribution in [2.75, 3.05) is 20.6 Å². The molecule has 0 spiro atoms. The van der Waals surface area contributed by atoms with Gasteiger partial charge in [-0.25, -0.2) is 0 Å². The number of aliphatic hydroxyl groups is 1. The van der Waals surface area contributed by atoms with Gasteiger partial charge in [-0.05, 0) is 33.5 Å². The molecule has 1 heterocycles. The summed E-state index contributed by atoms with van der Waals surface area (Å²) in [4.78, 5) is 2.07. The summed E-state index contributed by atoms with van der Waals surface area (Å²) in [6.07, 6.45) is 1.59. The number of likely N-dealkylation sites (N-methyl/N-ethyl adjacent to an activating group) is 1. The highest BCUT2D eigenvalue weighted by Crippen LogP contribution is 2.34. The number of hydrogen-bond donors (Lipinski definition) is 1. The Bertz CT molecular complexity index is 620. The third-order valence-electron chi connectivity index (χ3n) is 3.60. The third kappa shape index (κ3) is 3.46. The molecule has 1 aromatic carbocycles. The molecule has 0 saturated heterocycles. The summed E-state index contributed by atoms with van der Waals surface area (Å²) in [5.41, 5.74) is 1.38. The molecule has 0 aliphatic rings. The molecule has 1 atom stereocenters. The van der Waals surface area contributed by atoms with Crippen LogP contribution in [0.1, 0.15) is 23.7 Å². The van der Waals surface area contributed by atoms with Crippen molar-refractivity contribution in [3.05, 3.63) is 52.3 Å². The van der Waals surface area contributed by atoms with Crippen molar-refractivity contribution in [2.45, 2.75) is 26.0 Å². The molecule has 1 unspecified atom stereocenters. The summed E-state index contributed by atoms with van der Waals surface area (Å²) in [7, 11) is 4.01. The van der Waals surface area contributed by atoms with E-state index < -0.39 is 5.60 Å². The average molecular weight is 308 g/mol. The van der Waals surface area contributed by atoms with Crippen molar-refractivity contribution in [1.29, 1.82) is 0 Å². The van der Waals surface area contributed by atoms with Gasteiger partial charge in [0.25, 0.3) is 0 Å². The molecular formula is C16H22ClN3O. The molecule has 114 valence electrons. The highest BCUT2D eigenvalue weighted by molar-refractivity contribution is 6.31. The first-order chi connectivity index (χ1) is 9.82. The standard InChI is InChI=1S/C16H22ClN3O/c1-12-6-5-7-13(10-12)16(2,21)15-14(17)11-18-20(15)9-8-19(3)4/h5-7,10-11,21H,8-9H2,1-4H3. The molecule has 5 heteroatoms. The van der Waals surface area contributed by atoms with Gasteiger partial charge >= 0.3 is 0 Å². The molecule has 0 aliphatic carbocycles. The Balaban J connectivity index is 2.42. The monoisotopic (exact) mass is 307 g/mol. The van der Waals surface area contributed by atoms with Crippen LogP contribution in [0, 0.1) is 6.92 Å². The van der Waals surface area contributed by atoms with Crippen LogP contribution in [0.5, 0.6) is 0 Å². The summed E-state index contributed by atoms with van der Waals surface area (Å²) in [5.74, 6) is 0. The molecule has 0 aliphatic heterocycles. The van der Waals surface area contributed by atoms with E-state index in [9.17, 15) is 5.11 Å². The Hall–Kier alpha value is -1.36. The lowest BCUT2D eigenvalue weighted by Crippen LogP contribution is -2.29. The quantitative estimate of drug-likeness (QED) is 0.923. The first-order valence-corrected chi connectivity index (χ1v) is 7.36. The van der Waals surface area contributed by atoms with Gasteiger partial charge in [0.05, 0.1) is 23.5 Å². The highest BCUT2D eigenvalue weighted by Gasteiger charge is 2.32. The van der Waals surface area contributed by atoms with E-state index >= 15 is 0 Å². The third-order valence-corrected chi connectivity index (χ3v) is 3.87. The molecule has 0 radical (unpaired) electrons. The van der Waals surface area contributed by atoms with Crippen LogP contribution in [-0.2, 0) is 12.1 Å². The summed E-state index contributed by atoms with van der Waals surface area (Å²) < 4.78 is 1.78. The van der Waals surface area contributed by atoms with Crippen LogP contribution < -0.4 is 0 Å². The molecule has 0 bridgehead atoms. The number of hydrogen-bond acceptors (Lipinski definition) is 3. The summed E-state index contributed by atoms with van der Waals surface area (Å²) in [6, 6.07) is 7.82. The van der Waals surface area contributed by atoms with E-state index in [2.05, 4.69) is 10.00 Å². The smallest absolute Gasteiger partial charge is 0.130 e. The maximum absolute atomic E-state index is 11.0. The highest BCUT2D eigenvalue weighted by atomic mass is 35.5. The fraction of sp³-hybridized carbons (Fsp3) is 0.438. The van der Waals surface area contributed by atoms with Gasteiger partial charge in [0.2, 0.25) is 0 Å². The minimum absolute atomic E-state index is 0.486.